The van der Waals surface area contributed by atoms with Gasteiger partial charge in [0.05, 0.1) is 29.0 Å². The monoisotopic (exact) mass is 507 g/mol. The van der Waals surface area contributed by atoms with Crippen molar-refractivity contribution >= 4 is 30.1 Å². The quantitative estimate of drug-likeness (QED) is 0.291. The highest BCUT2D eigenvalue weighted by molar-refractivity contribution is 6.92. The summed E-state index contributed by atoms with van der Waals surface area (Å²) in [5.74, 6) is -0.723. The van der Waals surface area contributed by atoms with Crippen molar-refractivity contribution < 1.29 is 19.7 Å². The number of aliphatic hydroxyl groups excluding tert-OH is 1. The predicted molar refractivity (Wildman–Crippen MR) is 141 cm³/mol. The van der Waals surface area contributed by atoms with Crippen molar-refractivity contribution in [1.29, 1.82) is 0 Å². The third kappa shape index (κ3) is 3.73. The standard InChI is InChI=1S/C27H33N3O5Si/c1-5-27(34)20-13-22-24-17(14-30(22)25(32)19(20)15-35-26(27)33)12-18-21(28-24)8-6-9-23(18)36(4,16-31)11-7-10-29(2)3/h6,8-9,12-13,31,34H,5,7,10-11,14-16H2,1-4H3/t27-,36?/m0/s1. The van der Waals surface area contributed by atoms with Crippen molar-refractivity contribution in [3.05, 3.63) is 57.4 Å². The summed E-state index contributed by atoms with van der Waals surface area (Å²) in [5.41, 5.74) is 1.58. The maximum atomic E-state index is 13.4. The lowest BCUT2D eigenvalue weighted by molar-refractivity contribution is -0.172. The predicted octanol–water partition coefficient (Wildman–Crippen LogP) is 1.85. The number of aliphatic hydroxyl groups is 2. The van der Waals surface area contributed by atoms with Gasteiger partial charge in [0, 0.05) is 17.4 Å². The van der Waals surface area contributed by atoms with Gasteiger partial charge in [0.25, 0.3) is 5.56 Å². The van der Waals surface area contributed by atoms with Crippen LogP contribution >= 0.6 is 0 Å². The number of aromatic nitrogens is 2. The number of rotatable bonds is 7. The summed E-state index contributed by atoms with van der Waals surface area (Å²) in [5, 5.41) is 23.7. The minimum atomic E-state index is -2.17. The van der Waals surface area contributed by atoms with Crippen molar-refractivity contribution in [2.45, 2.75) is 51.1 Å². The van der Waals surface area contributed by atoms with E-state index in [1.165, 1.54) is 5.19 Å². The molecule has 0 aliphatic carbocycles. The minimum absolute atomic E-state index is 0.112. The van der Waals surface area contributed by atoms with Crippen LogP contribution in [0, 0.1) is 0 Å². The Kier molecular flexibility index (Phi) is 6.15. The molecule has 5 rings (SSSR count). The van der Waals surface area contributed by atoms with Crippen LogP contribution in [0.25, 0.3) is 22.3 Å². The summed E-state index contributed by atoms with van der Waals surface area (Å²) in [6, 6.07) is 10.9. The lowest BCUT2D eigenvalue weighted by atomic mass is 9.86. The number of carbonyl (C=O) groups excluding carboxylic acids is 1. The third-order valence-electron chi connectivity index (χ3n) is 7.89. The highest BCUT2D eigenvalue weighted by Crippen LogP contribution is 2.38. The number of ether oxygens (including phenoxy) is 1. The molecule has 0 saturated carbocycles. The van der Waals surface area contributed by atoms with Crippen LogP contribution in [0.15, 0.2) is 35.1 Å². The Morgan fingerprint density at radius 3 is 2.72 bits per heavy atom. The van der Waals surface area contributed by atoms with Crippen LogP contribution in [0.3, 0.4) is 0 Å². The summed E-state index contributed by atoms with van der Waals surface area (Å²) in [6.45, 7) is 5.12. The fourth-order valence-electron chi connectivity index (χ4n) is 5.61. The molecule has 0 radical (unpaired) electrons. The number of pyridine rings is 2. The second-order valence-corrected chi connectivity index (χ2v) is 15.1. The van der Waals surface area contributed by atoms with E-state index in [0.29, 0.717) is 29.1 Å². The van der Waals surface area contributed by atoms with E-state index in [0.717, 1.165) is 35.5 Å². The fourth-order valence-corrected chi connectivity index (χ4v) is 8.50. The number of hydrogen-bond acceptors (Lipinski definition) is 7. The first-order valence-electron chi connectivity index (χ1n) is 12.5. The van der Waals surface area contributed by atoms with E-state index in [2.05, 4.69) is 37.7 Å². The zero-order valence-corrected chi connectivity index (χ0v) is 22.3. The summed E-state index contributed by atoms with van der Waals surface area (Å²) in [6.07, 6.45) is 1.28. The topological polar surface area (TPSA) is 105 Å². The average molecular weight is 508 g/mol. The Hall–Kier alpha value is -2.85. The molecule has 0 spiro atoms. The molecule has 2 aliphatic rings. The number of fused-ring (bicyclic) bond motifs is 5. The second kappa shape index (κ2) is 8.91. The molecule has 36 heavy (non-hydrogen) atoms. The van der Waals surface area contributed by atoms with Crippen LogP contribution < -0.4 is 10.7 Å². The molecule has 1 unspecified atom stereocenters. The molecular weight excluding hydrogens is 474 g/mol. The van der Waals surface area contributed by atoms with Gasteiger partial charge in [-0.15, -0.1) is 0 Å². The van der Waals surface area contributed by atoms with Gasteiger partial charge in [-0.2, -0.15) is 0 Å². The maximum absolute atomic E-state index is 13.4. The fraction of sp³-hybridized carbons (Fsp3) is 0.444. The first-order chi connectivity index (χ1) is 17.1. The molecule has 0 saturated heterocycles. The van der Waals surface area contributed by atoms with Crippen molar-refractivity contribution in [3.8, 4) is 11.4 Å². The molecule has 0 amide bonds. The molecule has 1 aromatic carbocycles. The van der Waals surface area contributed by atoms with Crippen LogP contribution in [0.1, 0.15) is 36.5 Å². The molecule has 8 nitrogen and oxygen atoms in total. The van der Waals surface area contributed by atoms with Crippen molar-refractivity contribution in [2.24, 2.45) is 0 Å². The molecule has 0 fully saturated rings. The van der Waals surface area contributed by atoms with Crippen molar-refractivity contribution in [3.63, 3.8) is 0 Å². The molecule has 2 N–H and O–H groups in total. The van der Waals surface area contributed by atoms with Crippen molar-refractivity contribution in [1.82, 2.24) is 14.5 Å². The summed E-state index contributed by atoms with van der Waals surface area (Å²) in [4.78, 5) is 33.0. The van der Waals surface area contributed by atoms with Crippen LogP contribution in [0.2, 0.25) is 12.6 Å². The second-order valence-electron chi connectivity index (χ2n) is 10.6. The smallest absolute Gasteiger partial charge is 0.343 e. The summed E-state index contributed by atoms with van der Waals surface area (Å²) >= 11 is 0. The van der Waals surface area contributed by atoms with Crippen LogP contribution in [-0.2, 0) is 28.3 Å². The van der Waals surface area contributed by atoms with E-state index in [9.17, 15) is 19.8 Å². The average Bonchev–Trinajstić information content (AvgIpc) is 3.22. The highest BCUT2D eigenvalue weighted by atomic mass is 28.3. The van der Waals surface area contributed by atoms with Gasteiger partial charge in [0.2, 0.25) is 0 Å². The summed E-state index contributed by atoms with van der Waals surface area (Å²) in [7, 11) is 1.94. The van der Waals surface area contributed by atoms with Crippen LogP contribution in [0.5, 0.6) is 0 Å². The number of benzene rings is 1. The van der Waals surface area contributed by atoms with Gasteiger partial charge < -0.3 is 24.4 Å². The first kappa shape index (κ1) is 24.8. The maximum Gasteiger partial charge on any atom is 0.343 e. The van der Waals surface area contributed by atoms with Crippen molar-refractivity contribution in [2.75, 3.05) is 26.9 Å². The lowest BCUT2D eigenvalue weighted by Gasteiger charge is -2.31. The number of carbonyl (C=O) groups is 1. The Balaban J connectivity index is 1.64. The van der Waals surface area contributed by atoms with Gasteiger partial charge in [0.15, 0.2) is 5.60 Å². The zero-order valence-electron chi connectivity index (χ0n) is 21.3. The number of esters is 1. The molecule has 2 aliphatic heterocycles. The Morgan fingerprint density at radius 1 is 1.25 bits per heavy atom. The Morgan fingerprint density at radius 2 is 2.03 bits per heavy atom. The SMILES string of the molecule is CC[C@@]1(O)C(=O)OCc2c1cc1n(c2=O)Cc2cc3c([Si](C)(CO)CCCN(C)C)cccc3nc2-1. The van der Waals surface area contributed by atoms with Gasteiger partial charge >= 0.3 is 5.97 Å². The molecule has 2 aromatic heterocycles. The normalized spacial score (nSPS) is 20.1. The molecular formula is C27H33N3O5Si. The molecule has 0 bridgehead atoms. The van der Waals surface area contributed by atoms with E-state index in [4.69, 9.17) is 9.72 Å². The van der Waals surface area contributed by atoms with E-state index >= 15 is 0 Å². The number of nitrogens with zero attached hydrogens (tertiary/aromatic N) is 3. The lowest BCUT2D eigenvalue weighted by Crippen LogP contribution is -2.49. The van der Waals surface area contributed by atoms with E-state index in [1.807, 2.05) is 12.1 Å². The highest BCUT2D eigenvalue weighted by Gasteiger charge is 2.45. The number of hydrogen-bond donors (Lipinski definition) is 2. The zero-order chi connectivity index (χ0) is 25.8. The minimum Gasteiger partial charge on any atom is -0.458 e. The van der Waals surface area contributed by atoms with Gasteiger partial charge in [-0.1, -0.05) is 31.6 Å². The largest absolute Gasteiger partial charge is 0.458 e. The van der Waals surface area contributed by atoms with Gasteiger partial charge in [-0.05, 0) is 62.3 Å². The van der Waals surface area contributed by atoms with Gasteiger partial charge in [0.1, 0.15) is 14.7 Å². The number of cyclic esters (lactones) is 1. The van der Waals surface area contributed by atoms with Gasteiger partial charge in [-0.25, -0.2) is 9.78 Å². The van der Waals surface area contributed by atoms with E-state index in [1.54, 1.807) is 17.6 Å². The van der Waals surface area contributed by atoms with E-state index in [-0.39, 0.29) is 24.8 Å². The van der Waals surface area contributed by atoms with E-state index < -0.39 is 19.6 Å². The molecule has 9 heteroatoms. The third-order valence-corrected chi connectivity index (χ3v) is 11.8. The van der Waals surface area contributed by atoms with Crippen LogP contribution in [0.4, 0.5) is 0 Å². The first-order valence-corrected chi connectivity index (χ1v) is 15.4. The van der Waals surface area contributed by atoms with Gasteiger partial charge in [-0.3, -0.25) is 4.79 Å². The molecule has 4 heterocycles. The van der Waals surface area contributed by atoms with Crippen LogP contribution in [-0.4, -0.2) is 65.6 Å². The molecule has 190 valence electrons. The molecule has 2 atom stereocenters. The summed E-state index contributed by atoms with van der Waals surface area (Å²) < 4.78 is 6.82. The molecule has 3 aromatic rings. The Bertz CT molecular complexity index is 1440. The Labute approximate surface area is 211 Å².